The molecule has 0 radical (unpaired) electrons. The van der Waals surface area contributed by atoms with Crippen LogP contribution in [0.2, 0.25) is 0 Å². The summed E-state index contributed by atoms with van der Waals surface area (Å²) in [6.07, 6.45) is 12.6. The van der Waals surface area contributed by atoms with Gasteiger partial charge in [-0.05, 0) is 37.5 Å². The fourth-order valence-corrected chi connectivity index (χ4v) is 2.91. The predicted octanol–water partition coefficient (Wildman–Crippen LogP) is 3.91. The summed E-state index contributed by atoms with van der Waals surface area (Å²) in [5.41, 5.74) is 0. The van der Waals surface area contributed by atoms with Crippen LogP contribution in [0.3, 0.4) is 0 Å². The molecule has 4 unspecified atom stereocenters. The van der Waals surface area contributed by atoms with Crippen molar-refractivity contribution >= 4 is 0 Å². The average Bonchev–Trinajstić information content (AvgIpc) is 2.29. The van der Waals surface area contributed by atoms with E-state index in [2.05, 4.69) is 26.0 Å². The van der Waals surface area contributed by atoms with Gasteiger partial charge in [0.1, 0.15) is 6.79 Å². The van der Waals surface area contributed by atoms with E-state index in [1.165, 1.54) is 32.1 Å². The van der Waals surface area contributed by atoms with Crippen LogP contribution in [0.15, 0.2) is 12.2 Å². The Morgan fingerprint density at radius 3 is 2.71 bits per heavy atom. The molecule has 1 fully saturated rings. The Kier molecular flexibility index (Phi) is 5.05. The third-order valence-electron chi connectivity index (χ3n) is 4.00. The van der Waals surface area contributed by atoms with Gasteiger partial charge >= 0.3 is 0 Å². The molecule has 2 aliphatic rings. The summed E-state index contributed by atoms with van der Waals surface area (Å²) in [4.78, 5) is 0. The minimum atomic E-state index is 0.278. The van der Waals surface area contributed by atoms with Gasteiger partial charge in [0.05, 0.1) is 12.2 Å². The van der Waals surface area contributed by atoms with Crippen LogP contribution in [0, 0.1) is 11.8 Å². The summed E-state index contributed by atoms with van der Waals surface area (Å²) in [6, 6.07) is 0. The lowest BCUT2D eigenvalue weighted by molar-refractivity contribution is -0.122. The lowest BCUT2D eigenvalue weighted by Crippen LogP contribution is -2.25. The third kappa shape index (κ3) is 4.44. The topological polar surface area (TPSA) is 18.5 Å². The van der Waals surface area contributed by atoms with Gasteiger partial charge < -0.3 is 9.47 Å². The number of hydrogen-bond acceptors (Lipinski definition) is 2. The molecule has 1 saturated carbocycles. The molecule has 2 heteroatoms. The predicted molar refractivity (Wildman–Crippen MR) is 69.8 cm³/mol. The zero-order valence-corrected chi connectivity index (χ0v) is 11.2. The van der Waals surface area contributed by atoms with Gasteiger partial charge in [0, 0.05) is 0 Å². The fourth-order valence-electron chi connectivity index (χ4n) is 2.91. The molecule has 0 aromatic heterocycles. The number of allylic oxidation sites excluding steroid dienone is 1. The zero-order valence-electron chi connectivity index (χ0n) is 11.2. The minimum Gasteiger partial charge on any atom is -0.352 e. The first-order valence-corrected chi connectivity index (χ1v) is 7.14. The molecule has 0 aliphatic heterocycles. The summed E-state index contributed by atoms with van der Waals surface area (Å²) < 4.78 is 11.6. The summed E-state index contributed by atoms with van der Waals surface area (Å²) in [6.45, 7) is 5.07. The lowest BCUT2D eigenvalue weighted by atomic mass is 9.89. The molecule has 4 atom stereocenters. The fraction of sp³-hybridized carbons (Fsp3) is 0.867. The van der Waals surface area contributed by atoms with Crippen molar-refractivity contribution in [2.24, 2.45) is 11.8 Å². The van der Waals surface area contributed by atoms with Crippen LogP contribution in [0.25, 0.3) is 0 Å². The molecule has 0 aromatic rings. The summed E-state index contributed by atoms with van der Waals surface area (Å²) in [5, 5.41) is 0. The molecule has 0 N–H and O–H groups in total. The highest BCUT2D eigenvalue weighted by atomic mass is 16.7. The van der Waals surface area contributed by atoms with Crippen molar-refractivity contribution in [3.05, 3.63) is 12.2 Å². The normalized spacial score (nSPS) is 38.2. The van der Waals surface area contributed by atoms with Crippen molar-refractivity contribution in [2.75, 3.05) is 6.79 Å². The van der Waals surface area contributed by atoms with Crippen LogP contribution >= 0.6 is 0 Å². The van der Waals surface area contributed by atoms with Gasteiger partial charge in [0.25, 0.3) is 0 Å². The average molecular weight is 238 g/mol. The molecule has 98 valence electrons. The summed E-state index contributed by atoms with van der Waals surface area (Å²) >= 11 is 0. The Hall–Kier alpha value is -0.340. The van der Waals surface area contributed by atoms with E-state index in [9.17, 15) is 0 Å². The first kappa shape index (κ1) is 13.1. The van der Waals surface area contributed by atoms with Crippen LogP contribution in [-0.4, -0.2) is 19.0 Å². The SMILES string of the molecule is CC1CC=CC(OCOC2CCCC(C)C2)C1. The quantitative estimate of drug-likeness (QED) is 0.546. The molecule has 0 aromatic carbocycles. The number of ether oxygens (including phenoxy) is 2. The maximum Gasteiger partial charge on any atom is 0.147 e. The Bertz CT molecular complexity index is 249. The molecule has 2 rings (SSSR count). The standard InChI is InChI=1S/C15H26O2/c1-12-5-3-7-14(9-12)16-11-17-15-8-4-6-13(2)10-15/h3,7,12-15H,4-6,8-11H2,1-2H3. The Morgan fingerprint density at radius 1 is 1.06 bits per heavy atom. The van der Waals surface area contributed by atoms with E-state index in [1.807, 2.05) is 0 Å². The largest absolute Gasteiger partial charge is 0.352 e. The highest BCUT2D eigenvalue weighted by Gasteiger charge is 2.20. The molecule has 2 aliphatic carbocycles. The van der Waals surface area contributed by atoms with Gasteiger partial charge in [-0.3, -0.25) is 0 Å². The van der Waals surface area contributed by atoms with E-state index >= 15 is 0 Å². The van der Waals surface area contributed by atoms with Crippen molar-refractivity contribution in [1.82, 2.24) is 0 Å². The van der Waals surface area contributed by atoms with Crippen molar-refractivity contribution < 1.29 is 9.47 Å². The third-order valence-corrected chi connectivity index (χ3v) is 4.00. The molecule has 0 amide bonds. The van der Waals surface area contributed by atoms with Gasteiger partial charge in [0.15, 0.2) is 0 Å². The van der Waals surface area contributed by atoms with Crippen molar-refractivity contribution in [3.8, 4) is 0 Å². The van der Waals surface area contributed by atoms with Gasteiger partial charge in [0.2, 0.25) is 0 Å². The molecule has 0 spiro atoms. The van der Waals surface area contributed by atoms with E-state index < -0.39 is 0 Å². The van der Waals surface area contributed by atoms with E-state index in [4.69, 9.17) is 9.47 Å². The Labute approximate surface area is 105 Å². The van der Waals surface area contributed by atoms with Gasteiger partial charge in [-0.25, -0.2) is 0 Å². The van der Waals surface area contributed by atoms with Crippen LogP contribution in [0.5, 0.6) is 0 Å². The maximum atomic E-state index is 5.84. The highest BCUT2D eigenvalue weighted by molar-refractivity contribution is 4.96. The molecular formula is C15H26O2. The van der Waals surface area contributed by atoms with Gasteiger partial charge in [-0.1, -0.05) is 38.8 Å². The van der Waals surface area contributed by atoms with Crippen LogP contribution < -0.4 is 0 Å². The van der Waals surface area contributed by atoms with Gasteiger partial charge in [-0.15, -0.1) is 0 Å². The molecule has 0 saturated heterocycles. The lowest BCUT2D eigenvalue weighted by Gasteiger charge is -2.28. The van der Waals surface area contributed by atoms with E-state index in [0.29, 0.717) is 12.9 Å². The van der Waals surface area contributed by atoms with Crippen molar-refractivity contribution in [3.63, 3.8) is 0 Å². The second-order valence-corrected chi connectivity index (χ2v) is 5.89. The number of hydrogen-bond donors (Lipinski definition) is 0. The second-order valence-electron chi connectivity index (χ2n) is 5.89. The van der Waals surface area contributed by atoms with Crippen LogP contribution in [-0.2, 0) is 9.47 Å². The molecule has 17 heavy (non-hydrogen) atoms. The summed E-state index contributed by atoms with van der Waals surface area (Å²) in [5.74, 6) is 1.57. The maximum absolute atomic E-state index is 5.84. The molecule has 0 heterocycles. The van der Waals surface area contributed by atoms with Crippen LogP contribution in [0.1, 0.15) is 52.4 Å². The first-order chi connectivity index (χ1) is 8.24. The zero-order chi connectivity index (χ0) is 12.1. The second kappa shape index (κ2) is 6.55. The van der Waals surface area contributed by atoms with Crippen molar-refractivity contribution in [2.45, 2.75) is 64.6 Å². The minimum absolute atomic E-state index is 0.278. The molecule has 2 nitrogen and oxygen atoms in total. The van der Waals surface area contributed by atoms with E-state index in [-0.39, 0.29) is 6.10 Å². The van der Waals surface area contributed by atoms with E-state index in [0.717, 1.165) is 18.3 Å². The smallest absolute Gasteiger partial charge is 0.147 e. The Balaban J connectivity index is 1.62. The van der Waals surface area contributed by atoms with Crippen LogP contribution in [0.4, 0.5) is 0 Å². The Morgan fingerprint density at radius 2 is 1.94 bits per heavy atom. The first-order valence-electron chi connectivity index (χ1n) is 7.14. The monoisotopic (exact) mass is 238 g/mol. The molecular weight excluding hydrogens is 212 g/mol. The van der Waals surface area contributed by atoms with Crippen molar-refractivity contribution in [1.29, 1.82) is 0 Å². The molecule has 0 bridgehead atoms. The summed E-state index contributed by atoms with van der Waals surface area (Å²) in [7, 11) is 0. The van der Waals surface area contributed by atoms with Gasteiger partial charge in [-0.2, -0.15) is 0 Å². The number of rotatable bonds is 4. The highest BCUT2D eigenvalue weighted by Crippen LogP contribution is 2.26. The van der Waals surface area contributed by atoms with E-state index in [1.54, 1.807) is 0 Å².